The number of amides is 3. The number of carbonyl (C=O) groups excluding carboxylic acids is 3. The van der Waals surface area contributed by atoms with Crippen molar-refractivity contribution < 1.29 is 24.2 Å². The molecule has 3 aliphatic rings. The Morgan fingerprint density at radius 1 is 1.18 bits per heavy atom. The molecule has 5 rings (SSSR count). The van der Waals surface area contributed by atoms with Gasteiger partial charge in [0.1, 0.15) is 11.8 Å². The van der Waals surface area contributed by atoms with E-state index in [1.165, 1.54) is 29.5 Å². The van der Waals surface area contributed by atoms with Gasteiger partial charge in [0.25, 0.3) is 0 Å². The lowest BCUT2D eigenvalue weighted by molar-refractivity contribution is -0.133. The lowest BCUT2D eigenvalue weighted by atomic mass is 9.83. The van der Waals surface area contributed by atoms with Crippen molar-refractivity contribution in [2.75, 3.05) is 20.2 Å². The normalized spacial score (nSPS) is 24.3. The highest BCUT2D eigenvalue weighted by molar-refractivity contribution is 8.00. The first kappa shape index (κ1) is 22.0. The first-order valence-corrected chi connectivity index (χ1v) is 12.5. The lowest BCUT2D eigenvalue weighted by Gasteiger charge is -2.31. The summed E-state index contributed by atoms with van der Waals surface area (Å²) in [6, 6.07) is 4.77. The first-order chi connectivity index (χ1) is 15.9. The number of likely N-dealkylation sites (tertiary alicyclic amines) is 1. The zero-order valence-corrected chi connectivity index (χ0v) is 19.5. The Morgan fingerprint density at radius 3 is 2.67 bits per heavy atom. The predicted octanol–water partition coefficient (Wildman–Crippen LogP) is 1.52. The van der Waals surface area contributed by atoms with Crippen LogP contribution in [-0.4, -0.2) is 57.7 Å². The van der Waals surface area contributed by atoms with Gasteiger partial charge in [0.2, 0.25) is 17.7 Å². The third kappa shape index (κ3) is 3.72. The second-order valence-electron chi connectivity index (χ2n) is 8.39. The average Bonchev–Trinajstić information content (AvgIpc) is 3.28. The van der Waals surface area contributed by atoms with E-state index in [-0.39, 0.29) is 28.8 Å². The van der Waals surface area contributed by atoms with Gasteiger partial charge in [-0.15, -0.1) is 0 Å². The Balaban J connectivity index is 1.58. The zero-order valence-electron chi connectivity index (χ0n) is 17.9. The third-order valence-corrected chi connectivity index (χ3v) is 9.07. The summed E-state index contributed by atoms with van der Waals surface area (Å²) in [7, 11) is 1.43. The quantitative estimate of drug-likeness (QED) is 0.625. The minimum atomic E-state index is -0.708. The van der Waals surface area contributed by atoms with Crippen LogP contribution in [0.25, 0.3) is 0 Å². The van der Waals surface area contributed by atoms with E-state index in [0.717, 1.165) is 30.6 Å². The summed E-state index contributed by atoms with van der Waals surface area (Å²) in [6.07, 6.45) is 3.00. The Labute approximate surface area is 197 Å². The van der Waals surface area contributed by atoms with Crippen LogP contribution in [0.4, 0.5) is 0 Å². The largest absolute Gasteiger partial charge is 0.504 e. The Morgan fingerprint density at radius 2 is 1.94 bits per heavy atom. The molecule has 2 aromatic rings. The maximum absolute atomic E-state index is 13.0. The smallest absolute Gasteiger partial charge is 0.308 e. The van der Waals surface area contributed by atoms with Crippen LogP contribution in [0.2, 0.25) is 0 Å². The average molecular weight is 490 g/mol. The van der Waals surface area contributed by atoms with Crippen LogP contribution < -0.4 is 14.9 Å². The molecule has 3 atom stereocenters. The molecule has 0 saturated carbocycles. The molecule has 2 fully saturated rings. The highest BCUT2D eigenvalue weighted by Crippen LogP contribution is 2.52. The van der Waals surface area contributed by atoms with Crippen molar-refractivity contribution in [3.63, 3.8) is 0 Å². The van der Waals surface area contributed by atoms with E-state index in [1.807, 2.05) is 0 Å². The van der Waals surface area contributed by atoms with Crippen LogP contribution in [0, 0.1) is 5.92 Å². The number of imide groups is 1. The fourth-order valence-electron chi connectivity index (χ4n) is 4.80. The number of hydrogen-bond acceptors (Lipinski definition) is 8. The third-order valence-electron chi connectivity index (χ3n) is 6.45. The zero-order chi connectivity index (χ0) is 23.3. The number of rotatable bonds is 4. The highest BCUT2D eigenvalue weighted by Gasteiger charge is 2.53. The van der Waals surface area contributed by atoms with Crippen molar-refractivity contribution >= 4 is 40.8 Å². The van der Waals surface area contributed by atoms with Crippen LogP contribution >= 0.6 is 23.1 Å². The van der Waals surface area contributed by atoms with Gasteiger partial charge >= 0.3 is 4.87 Å². The molecule has 0 spiro atoms. The van der Waals surface area contributed by atoms with Gasteiger partial charge in [-0.05, 0) is 37.0 Å². The number of aromatic nitrogens is 1. The van der Waals surface area contributed by atoms with Crippen molar-refractivity contribution in [1.29, 1.82) is 0 Å². The molecule has 3 aliphatic heterocycles. The fourth-order valence-corrected chi connectivity index (χ4v) is 7.54. The van der Waals surface area contributed by atoms with Gasteiger partial charge in [0, 0.05) is 23.9 Å². The summed E-state index contributed by atoms with van der Waals surface area (Å²) in [4.78, 5) is 53.4. The maximum Gasteiger partial charge on any atom is 0.308 e. The number of nitrogens with zero attached hydrogens (tertiary/aromatic N) is 2. The molecule has 3 amide bonds. The number of fused-ring (bicyclic) bond motifs is 2. The van der Waals surface area contributed by atoms with Gasteiger partial charge in [-0.2, -0.15) is 0 Å². The number of carbonyl (C=O) groups is 3. The minimum absolute atomic E-state index is 0.0481. The van der Waals surface area contributed by atoms with Crippen molar-refractivity contribution in [3.8, 4) is 11.5 Å². The van der Waals surface area contributed by atoms with Crippen molar-refractivity contribution in [1.82, 2.24) is 14.8 Å². The molecule has 11 heteroatoms. The monoisotopic (exact) mass is 489 g/mol. The van der Waals surface area contributed by atoms with Gasteiger partial charge in [-0.3, -0.25) is 29.1 Å². The van der Waals surface area contributed by atoms with E-state index >= 15 is 0 Å². The van der Waals surface area contributed by atoms with Gasteiger partial charge in [0.15, 0.2) is 11.5 Å². The van der Waals surface area contributed by atoms with Gasteiger partial charge < -0.3 is 14.7 Å². The molecule has 1 aromatic heterocycles. The van der Waals surface area contributed by atoms with Crippen LogP contribution in [0.1, 0.15) is 35.6 Å². The Kier molecular flexibility index (Phi) is 5.69. The number of methoxy groups -OCH3 is 1. The van der Waals surface area contributed by atoms with E-state index in [4.69, 9.17) is 4.74 Å². The second-order valence-corrected chi connectivity index (χ2v) is 10.5. The second kappa shape index (κ2) is 8.53. The van der Waals surface area contributed by atoms with Crippen molar-refractivity contribution in [2.45, 2.75) is 42.0 Å². The summed E-state index contributed by atoms with van der Waals surface area (Å²) in [5, 5.41) is 12.3. The number of thiazole rings is 1. The fraction of sp³-hybridized carbons (Fsp3) is 0.455. The molecule has 1 aromatic carbocycles. The molecule has 4 heterocycles. The molecule has 2 N–H and O–H groups in total. The molecule has 9 nitrogen and oxygen atoms in total. The van der Waals surface area contributed by atoms with E-state index in [9.17, 15) is 24.3 Å². The van der Waals surface area contributed by atoms with Crippen molar-refractivity contribution in [2.24, 2.45) is 5.92 Å². The lowest BCUT2D eigenvalue weighted by Crippen LogP contribution is -2.39. The molecular formula is C22H23N3O6S2. The molecule has 0 radical (unpaired) electrons. The predicted molar refractivity (Wildman–Crippen MR) is 122 cm³/mol. The number of phenolic OH excluding ortho intramolecular Hbond substituents is 1. The summed E-state index contributed by atoms with van der Waals surface area (Å²) < 4.78 is 6.68. The Bertz CT molecular complexity index is 1200. The number of ether oxygens (including phenoxy) is 1. The summed E-state index contributed by atoms with van der Waals surface area (Å²) in [5.74, 6) is -1.99. The highest BCUT2D eigenvalue weighted by atomic mass is 32.2. The van der Waals surface area contributed by atoms with Crippen LogP contribution in [-0.2, 0) is 20.9 Å². The van der Waals surface area contributed by atoms with Crippen LogP contribution in [0.5, 0.6) is 11.5 Å². The standard InChI is InChI=1S/C22H23N3O6S2/c1-31-13-9-11(5-6-12(13)26)15-16-17(20(29)23-19(16)28)32-21-18(15)33-22(30)25(21)10-14(27)24-7-3-2-4-8-24/h5-6,9,15-17,26H,2-4,7-8,10H2,1H3,(H,23,28,29)/t15-,16+,17-/m0/s1. The summed E-state index contributed by atoms with van der Waals surface area (Å²) >= 11 is 2.18. The molecule has 0 bridgehead atoms. The number of thioether (sulfide) groups is 1. The van der Waals surface area contributed by atoms with Gasteiger partial charge in [0.05, 0.1) is 18.1 Å². The SMILES string of the molecule is COc1cc([C@@H]2c3sc(=O)n(CC(=O)N4CCCCC4)c3S[C@@H]3C(=O)NC(=O)[C@H]23)ccc1O. The number of piperidine rings is 1. The molecule has 0 aliphatic carbocycles. The van der Waals surface area contributed by atoms with E-state index in [2.05, 4.69) is 5.32 Å². The molecular weight excluding hydrogens is 466 g/mol. The van der Waals surface area contributed by atoms with E-state index in [1.54, 1.807) is 17.0 Å². The minimum Gasteiger partial charge on any atom is -0.504 e. The Hall–Kier alpha value is -2.79. The number of hydrogen-bond donors (Lipinski definition) is 2. The molecule has 2 saturated heterocycles. The number of nitrogens with one attached hydrogen (secondary N) is 1. The first-order valence-electron chi connectivity index (χ1n) is 10.8. The number of aromatic hydroxyl groups is 1. The van der Waals surface area contributed by atoms with E-state index in [0.29, 0.717) is 28.6 Å². The number of phenols is 1. The van der Waals surface area contributed by atoms with Crippen LogP contribution in [0.3, 0.4) is 0 Å². The summed E-state index contributed by atoms with van der Waals surface area (Å²) in [6.45, 7) is 1.28. The van der Waals surface area contributed by atoms with Crippen molar-refractivity contribution in [3.05, 3.63) is 38.3 Å². The maximum atomic E-state index is 13.0. The van der Waals surface area contributed by atoms with Gasteiger partial charge in [-0.25, -0.2) is 0 Å². The number of benzene rings is 1. The summed E-state index contributed by atoms with van der Waals surface area (Å²) in [5.41, 5.74) is 0.654. The van der Waals surface area contributed by atoms with Crippen LogP contribution in [0.15, 0.2) is 28.0 Å². The topological polar surface area (TPSA) is 118 Å². The molecule has 174 valence electrons. The van der Waals surface area contributed by atoms with Gasteiger partial charge in [-0.1, -0.05) is 29.2 Å². The van der Waals surface area contributed by atoms with E-state index < -0.39 is 28.9 Å². The molecule has 0 unspecified atom stereocenters. The molecule has 33 heavy (non-hydrogen) atoms.